The Balaban J connectivity index is 2.59. The van der Waals surface area contributed by atoms with Crippen molar-refractivity contribution < 1.29 is 18.5 Å². The van der Waals surface area contributed by atoms with E-state index >= 15 is 0 Å². The second-order valence-electron chi connectivity index (χ2n) is 9.13. The lowest BCUT2D eigenvalue weighted by molar-refractivity contribution is -0.122. The van der Waals surface area contributed by atoms with Crippen LogP contribution in [0.4, 0.5) is 0 Å². The highest BCUT2D eigenvalue weighted by molar-refractivity contribution is 7.91. The van der Waals surface area contributed by atoms with Gasteiger partial charge in [0.15, 0.2) is 0 Å². The number of amides is 1. The fourth-order valence-electron chi connectivity index (χ4n) is 3.03. The molecule has 0 saturated carbocycles. The second kappa shape index (κ2) is 11.9. The third-order valence-electron chi connectivity index (χ3n) is 5.59. The molecule has 0 aliphatic carbocycles. The minimum atomic E-state index is -2.53. The monoisotopic (exact) mass is 459 g/mol. The quantitative estimate of drug-likeness (QED) is 0.416. The lowest BCUT2D eigenvalue weighted by Gasteiger charge is -2.31. The molecule has 0 aliphatic rings. The first-order chi connectivity index (χ1) is 14.3. The summed E-state index contributed by atoms with van der Waals surface area (Å²) < 4.78 is 32.5. The minimum absolute atomic E-state index is 0.0198. The lowest BCUT2D eigenvalue weighted by atomic mass is 9.94. The molecular formula is C21H41N5O4S. The van der Waals surface area contributed by atoms with Crippen LogP contribution >= 0.6 is 0 Å². The van der Waals surface area contributed by atoms with Crippen LogP contribution in [0.1, 0.15) is 66.0 Å². The second-order valence-corrected chi connectivity index (χ2v) is 11.5. The van der Waals surface area contributed by atoms with Crippen molar-refractivity contribution in [1.82, 2.24) is 20.3 Å². The molecule has 1 aromatic rings. The topological polar surface area (TPSA) is 119 Å². The van der Waals surface area contributed by atoms with Crippen molar-refractivity contribution in [3.63, 3.8) is 0 Å². The standard InChI is InChI=1S/C21H41N5O4S/c1-8-21(5,11-12-30-20(3,4)10-9-19(27)23-6)26-16-18(24-25-26)15-17(2)29-13-14-31(7,22)28/h16-17,22H,8-15H2,1-7H3,(H,23,27). The van der Waals surface area contributed by atoms with Crippen molar-refractivity contribution in [3.8, 4) is 0 Å². The number of ether oxygens (including phenoxy) is 2. The largest absolute Gasteiger partial charge is 0.377 e. The zero-order valence-electron chi connectivity index (χ0n) is 20.2. The molecule has 1 rings (SSSR count). The average molecular weight is 460 g/mol. The van der Waals surface area contributed by atoms with Gasteiger partial charge in [-0.1, -0.05) is 12.1 Å². The zero-order valence-corrected chi connectivity index (χ0v) is 21.0. The molecule has 0 fully saturated rings. The summed E-state index contributed by atoms with van der Waals surface area (Å²) >= 11 is 0. The van der Waals surface area contributed by atoms with Crippen LogP contribution in [-0.4, -0.2) is 69.1 Å². The Bertz CT molecular complexity index is 793. The number of hydrogen-bond donors (Lipinski definition) is 2. The molecule has 180 valence electrons. The summed E-state index contributed by atoms with van der Waals surface area (Å²) in [5.41, 5.74) is 0.232. The van der Waals surface area contributed by atoms with Gasteiger partial charge in [-0.15, -0.1) is 5.10 Å². The molecule has 1 aromatic heterocycles. The molecule has 31 heavy (non-hydrogen) atoms. The van der Waals surface area contributed by atoms with Crippen molar-refractivity contribution in [2.45, 2.75) is 84.0 Å². The van der Waals surface area contributed by atoms with Gasteiger partial charge >= 0.3 is 0 Å². The van der Waals surface area contributed by atoms with E-state index in [1.165, 1.54) is 6.26 Å². The number of carbonyl (C=O) groups excluding carboxylic acids is 1. The van der Waals surface area contributed by atoms with Gasteiger partial charge < -0.3 is 14.8 Å². The highest BCUT2D eigenvalue weighted by Crippen LogP contribution is 2.26. The van der Waals surface area contributed by atoms with E-state index in [0.717, 1.165) is 18.5 Å². The van der Waals surface area contributed by atoms with Gasteiger partial charge in [0, 0.05) is 48.7 Å². The molecule has 3 unspecified atom stereocenters. The van der Waals surface area contributed by atoms with E-state index < -0.39 is 9.73 Å². The van der Waals surface area contributed by atoms with Crippen LogP contribution in [0.5, 0.6) is 0 Å². The fourth-order valence-corrected chi connectivity index (χ4v) is 3.44. The highest BCUT2D eigenvalue weighted by Gasteiger charge is 2.28. The number of rotatable bonds is 15. The average Bonchev–Trinajstić information content (AvgIpc) is 3.13. The van der Waals surface area contributed by atoms with E-state index in [1.807, 2.05) is 31.6 Å². The molecule has 0 spiro atoms. The normalized spacial score (nSPS) is 17.0. The maximum Gasteiger partial charge on any atom is 0.219 e. The van der Waals surface area contributed by atoms with Crippen molar-refractivity contribution in [2.75, 3.05) is 32.3 Å². The Hall–Kier alpha value is -1.52. The minimum Gasteiger partial charge on any atom is -0.377 e. The maximum atomic E-state index is 11.5. The smallest absolute Gasteiger partial charge is 0.219 e. The SMILES string of the molecule is CCC(C)(CCOC(C)(C)CCC(=O)NC)n1cc(CC(C)OCCS(C)(=N)=O)nn1. The summed E-state index contributed by atoms with van der Waals surface area (Å²) in [4.78, 5) is 11.5. The van der Waals surface area contributed by atoms with Gasteiger partial charge in [-0.3, -0.25) is 13.8 Å². The Morgan fingerprint density at radius 2 is 2.00 bits per heavy atom. The molecule has 0 aliphatic heterocycles. The van der Waals surface area contributed by atoms with Crippen LogP contribution in [-0.2, 0) is 36.0 Å². The zero-order chi connectivity index (χ0) is 23.7. The molecule has 0 radical (unpaired) electrons. The molecule has 9 nitrogen and oxygen atoms in total. The van der Waals surface area contributed by atoms with E-state index in [1.54, 1.807) is 7.05 Å². The van der Waals surface area contributed by atoms with Crippen LogP contribution in [0.15, 0.2) is 6.20 Å². The molecule has 0 bridgehead atoms. The number of nitrogens with zero attached hydrogens (tertiary/aromatic N) is 3. The van der Waals surface area contributed by atoms with Crippen molar-refractivity contribution in [3.05, 3.63) is 11.9 Å². The summed E-state index contributed by atoms with van der Waals surface area (Å²) in [7, 11) is -0.887. The first kappa shape index (κ1) is 27.5. The van der Waals surface area contributed by atoms with E-state index in [9.17, 15) is 9.00 Å². The van der Waals surface area contributed by atoms with Crippen LogP contribution in [0.3, 0.4) is 0 Å². The van der Waals surface area contributed by atoms with Gasteiger partial charge in [-0.25, -0.2) is 4.68 Å². The van der Waals surface area contributed by atoms with Crippen molar-refractivity contribution >= 4 is 15.6 Å². The fraction of sp³-hybridized carbons (Fsp3) is 0.857. The Kier molecular flexibility index (Phi) is 10.6. The lowest BCUT2D eigenvalue weighted by Crippen LogP contribution is -2.34. The van der Waals surface area contributed by atoms with Crippen molar-refractivity contribution in [1.29, 1.82) is 4.78 Å². The van der Waals surface area contributed by atoms with Gasteiger partial charge in [0.05, 0.1) is 35.3 Å². The number of nitrogens with one attached hydrogen (secondary N) is 2. The van der Waals surface area contributed by atoms with Crippen LogP contribution in [0.25, 0.3) is 0 Å². The Labute approximate surface area is 187 Å². The molecule has 1 heterocycles. The van der Waals surface area contributed by atoms with Gasteiger partial charge in [0.25, 0.3) is 0 Å². The summed E-state index contributed by atoms with van der Waals surface area (Å²) in [5.74, 6) is 0.253. The molecular weight excluding hydrogens is 418 g/mol. The summed E-state index contributed by atoms with van der Waals surface area (Å²) in [5, 5.41) is 11.3. The first-order valence-electron chi connectivity index (χ1n) is 10.9. The van der Waals surface area contributed by atoms with E-state index in [2.05, 4.69) is 29.5 Å². The first-order valence-corrected chi connectivity index (χ1v) is 13.0. The van der Waals surface area contributed by atoms with Crippen LogP contribution in [0, 0.1) is 4.78 Å². The van der Waals surface area contributed by atoms with Gasteiger partial charge in [0.1, 0.15) is 0 Å². The predicted octanol–water partition coefficient (Wildman–Crippen LogP) is 2.74. The summed E-state index contributed by atoms with van der Waals surface area (Å²) in [6.45, 7) is 11.1. The highest BCUT2D eigenvalue weighted by atomic mass is 32.2. The van der Waals surface area contributed by atoms with Gasteiger partial charge in [-0.05, 0) is 47.0 Å². The molecule has 10 heteroatoms. The van der Waals surface area contributed by atoms with Crippen molar-refractivity contribution in [2.24, 2.45) is 0 Å². The van der Waals surface area contributed by atoms with Crippen LogP contribution in [0.2, 0.25) is 0 Å². The Morgan fingerprint density at radius 3 is 2.58 bits per heavy atom. The Morgan fingerprint density at radius 1 is 1.32 bits per heavy atom. The molecule has 0 aromatic carbocycles. The maximum absolute atomic E-state index is 11.5. The van der Waals surface area contributed by atoms with Gasteiger partial charge in [-0.2, -0.15) is 0 Å². The number of carbonyl (C=O) groups is 1. The molecule has 2 N–H and O–H groups in total. The summed E-state index contributed by atoms with van der Waals surface area (Å²) in [6, 6.07) is 0. The summed E-state index contributed by atoms with van der Waals surface area (Å²) in [6.07, 6.45) is 6.63. The molecule has 0 saturated heterocycles. The predicted molar refractivity (Wildman–Crippen MR) is 123 cm³/mol. The number of hydrogen-bond acceptors (Lipinski definition) is 7. The van der Waals surface area contributed by atoms with E-state index in [4.69, 9.17) is 14.3 Å². The third-order valence-corrected chi connectivity index (χ3v) is 6.54. The molecule has 1 amide bonds. The number of aromatic nitrogens is 3. The molecule has 3 atom stereocenters. The van der Waals surface area contributed by atoms with Gasteiger partial charge in [0.2, 0.25) is 5.91 Å². The van der Waals surface area contributed by atoms with E-state index in [-0.39, 0.29) is 28.9 Å². The third kappa shape index (κ3) is 10.6. The van der Waals surface area contributed by atoms with Crippen LogP contribution < -0.4 is 5.32 Å². The van der Waals surface area contributed by atoms with E-state index in [0.29, 0.717) is 32.5 Å².